The van der Waals surface area contributed by atoms with Crippen LogP contribution in [-0.2, 0) is 7.05 Å². The van der Waals surface area contributed by atoms with E-state index in [1.54, 1.807) is 28.8 Å². The van der Waals surface area contributed by atoms with E-state index >= 15 is 0 Å². The van der Waals surface area contributed by atoms with Gasteiger partial charge in [-0.05, 0) is 26.6 Å². The van der Waals surface area contributed by atoms with Crippen molar-refractivity contribution in [3.05, 3.63) is 18.0 Å². The average molecular weight is 266 g/mol. The van der Waals surface area contributed by atoms with Gasteiger partial charge in [-0.1, -0.05) is 0 Å². The number of aryl methyl sites for hydroxylation is 1. The summed E-state index contributed by atoms with van der Waals surface area (Å²) in [6.07, 6.45) is 1.91. The Bertz CT molecular complexity index is 469. The molecule has 6 nitrogen and oxygen atoms in total. The van der Waals surface area contributed by atoms with Gasteiger partial charge in [0.1, 0.15) is 5.69 Å². The monoisotopic (exact) mass is 266 g/mol. The molecule has 106 valence electrons. The van der Waals surface area contributed by atoms with Gasteiger partial charge in [0, 0.05) is 32.4 Å². The molecule has 1 aromatic rings. The molecule has 1 aromatic heterocycles. The number of aliphatic hydroxyl groups is 1. The molecule has 2 rings (SSSR count). The van der Waals surface area contributed by atoms with Gasteiger partial charge in [-0.25, -0.2) is 0 Å². The van der Waals surface area contributed by atoms with Crippen LogP contribution >= 0.6 is 0 Å². The van der Waals surface area contributed by atoms with Crippen LogP contribution in [-0.4, -0.2) is 64.7 Å². The lowest BCUT2D eigenvalue weighted by atomic mass is 10.2. The maximum absolute atomic E-state index is 12.5. The number of aromatic nitrogens is 1. The lowest BCUT2D eigenvalue weighted by Gasteiger charge is -2.26. The fraction of sp³-hybridized carbons (Fsp3) is 0.615. The minimum absolute atomic E-state index is 0.0497. The van der Waals surface area contributed by atoms with Gasteiger partial charge in [0.2, 0.25) is 0 Å². The van der Waals surface area contributed by atoms with E-state index in [-0.39, 0.29) is 11.9 Å². The van der Waals surface area contributed by atoms with Gasteiger partial charge in [-0.2, -0.15) is 0 Å². The molecule has 0 spiro atoms. The molecule has 0 bridgehead atoms. The molecule has 2 atom stereocenters. The number of anilines is 1. The number of β-amino-alcohol motifs (C(OH)–C–C–N with tert-alkyl or cyclic N) is 1. The highest BCUT2D eigenvalue weighted by Gasteiger charge is 2.35. The molecular formula is C13H22N4O2. The first-order valence-electron chi connectivity index (χ1n) is 6.44. The summed E-state index contributed by atoms with van der Waals surface area (Å²) in [5.74, 6) is -0.0670. The first kappa shape index (κ1) is 13.9. The minimum atomic E-state index is -0.438. The molecule has 0 aliphatic carbocycles. The van der Waals surface area contributed by atoms with Gasteiger partial charge in [0.15, 0.2) is 0 Å². The van der Waals surface area contributed by atoms with Gasteiger partial charge in [0.05, 0.1) is 11.8 Å². The van der Waals surface area contributed by atoms with Gasteiger partial charge in [-0.15, -0.1) is 0 Å². The van der Waals surface area contributed by atoms with Crippen LogP contribution in [0.5, 0.6) is 0 Å². The number of carbonyl (C=O) groups is 1. The van der Waals surface area contributed by atoms with E-state index in [2.05, 4.69) is 0 Å². The summed E-state index contributed by atoms with van der Waals surface area (Å²) in [6.45, 7) is 1.14. The van der Waals surface area contributed by atoms with Crippen LogP contribution in [0.1, 0.15) is 16.9 Å². The number of nitrogens with zero attached hydrogens (tertiary/aromatic N) is 3. The van der Waals surface area contributed by atoms with E-state index in [1.807, 2.05) is 19.0 Å². The fourth-order valence-corrected chi connectivity index (χ4v) is 2.69. The Morgan fingerprint density at radius 2 is 2.26 bits per heavy atom. The molecule has 19 heavy (non-hydrogen) atoms. The molecule has 0 saturated carbocycles. The van der Waals surface area contributed by atoms with Crippen molar-refractivity contribution in [3.63, 3.8) is 0 Å². The molecule has 1 aliphatic rings. The molecule has 1 fully saturated rings. The Morgan fingerprint density at radius 3 is 2.79 bits per heavy atom. The van der Waals surface area contributed by atoms with Crippen LogP contribution in [0, 0.1) is 0 Å². The molecule has 6 heteroatoms. The fourth-order valence-electron chi connectivity index (χ4n) is 2.69. The zero-order chi connectivity index (χ0) is 14.2. The number of aliphatic hydroxyl groups excluding tert-OH is 1. The number of nitrogen functional groups attached to an aromatic ring is 1. The van der Waals surface area contributed by atoms with Crippen LogP contribution in [0.15, 0.2) is 12.3 Å². The molecule has 3 N–H and O–H groups in total. The Kier molecular flexibility index (Phi) is 3.82. The van der Waals surface area contributed by atoms with Crippen molar-refractivity contribution in [2.75, 3.05) is 32.9 Å². The predicted octanol–water partition coefficient (Wildman–Crippen LogP) is -0.256. The first-order chi connectivity index (χ1) is 8.88. The summed E-state index contributed by atoms with van der Waals surface area (Å²) in [6, 6.07) is 1.73. The Hall–Kier alpha value is -1.53. The highest BCUT2D eigenvalue weighted by atomic mass is 16.3. The molecule has 1 saturated heterocycles. The molecular weight excluding hydrogens is 244 g/mol. The van der Waals surface area contributed by atoms with Crippen molar-refractivity contribution in [1.82, 2.24) is 14.4 Å². The quantitative estimate of drug-likeness (QED) is 0.791. The smallest absolute Gasteiger partial charge is 0.270 e. The first-order valence-corrected chi connectivity index (χ1v) is 6.44. The second-order valence-corrected chi connectivity index (χ2v) is 5.53. The number of rotatable bonds is 3. The van der Waals surface area contributed by atoms with Crippen molar-refractivity contribution in [2.24, 2.45) is 7.05 Å². The summed E-state index contributed by atoms with van der Waals surface area (Å²) in [7, 11) is 5.73. The number of nitrogens with two attached hydrogens (primary N) is 1. The predicted molar refractivity (Wildman–Crippen MR) is 73.8 cm³/mol. The maximum atomic E-state index is 12.5. The minimum Gasteiger partial charge on any atom is -0.397 e. The number of carbonyl (C=O) groups excluding carboxylic acids is 1. The average Bonchev–Trinajstić information content (AvgIpc) is 2.80. The van der Waals surface area contributed by atoms with E-state index < -0.39 is 6.10 Å². The van der Waals surface area contributed by atoms with Gasteiger partial charge in [-0.3, -0.25) is 4.79 Å². The number of hydrogen-bond acceptors (Lipinski definition) is 4. The molecule has 2 heterocycles. The van der Waals surface area contributed by atoms with E-state index in [1.165, 1.54) is 0 Å². The summed E-state index contributed by atoms with van der Waals surface area (Å²) in [5.41, 5.74) is 6.85. The van der Waals surface area contributed by atoms with Crippen LogP contribution in [0.25, 0.3) is 0 Å². The third kappa shape index (κ3) is 2.90. The van der Waals surface area contributed by atoms with Gasteiger partial charge in [0.25, 0.3) is 5.91 Å². The number of likely N-dealkylation sites (N-methyl/N-ethyl adjacent to an activating group) is 1. The maximum Gasteiger partial charge on any atom is 0.270 e. The zero-order valence-electron chi connectivity index (χ0n) is 11.7. The van der Waals surface area contributed by atoms with E-state index in [9.17, 15) is 9.90 Å². The van der Waals surface area contributed by atoms with Crippen LogP contribution < -0.4 is 5.73 Å². The second-order valence-electron chi connectivity index (χ2n) is 5.53. The summed E-state index contributed by atoms with van der Waals surface area (Å²) in [4.78, 5) is 16.3. The Labute approximate surface area is 113 Å². The van der Waals surface area contributed by atoms with Crippen molar-refractivity contribution < 1.29 is 9.90 Å². The highest BCUT2D eigenvalue weighted by molar-refractivity contribution is 5.94. The van der Waals surface area contributed by atoms with Crippen LogP contribution in [0.2, 0.25) is 0 Å². The molecule has 1 amide bonds. The zero-order valence-corrected chi connectivity index (χ0v) is 11.7. The summed E-state index contributed by atoms with van der Waals surface area (Å²) < 4.78 is 1.73. The topological polar surface area (TPSA) is 74.7 Å². The lowest BCUT2D eigenvalue weighted by Crippen LogP contribution is -2.42. The Morgan fingerprint density at radius 1 is 1.58 bits per heavy atom. The van der Waals surface area contributed by atoms with E-state index in [0.29, 0.717) is 24.3 Å². The summed E-state index contributed by atoms with van der Waals surface area (Å²) >= 11 is 0. The number of likely N-dealkylation sites (tertiary alicyclic amines) is 1. The molecule has 0 radical (unpaired) electrons. The van der Waals surface area contributed by atoms with Gasteiger partial charge >= 0.3 is 0 Å². The lowest BCUT2D eigenvalue weighted by molar-refractivity contribution is 0.0689. The molecule has 1 aliphatic heterocycles. The van der Waals surface area contributed by atoms with Crippen LogP contribution in [0.3, 0.4) is 0 Å². The molecule has 2 unspecified atom stereocenters. The summed E-state index contributed by atoms with van der Waals surface area (Å²) in [5, 5.41) is 9.81. The van der Waals surface area contributed by atoms with Crippen LogP contribution in [0.4, 0.5) is 5.69 Å². The molecule has 0 aromatic carbocycles. The normalized spacial score (nSPS) is 23.3. The van der Waals surface area contributed by atoms with E-state index in [4.69, 9.17) is 5.73 Å². The Balaban J connectivity index is 2.19. The standard InChI is InChI=1S/C13H22N4O2/c1-15(2)7-10-5-11(18)8-17(10)13(19)12-4-9(14)6-16(12)3/h4,6,10-11,18H,5,7-8,14H2,1-3H3. The third-order valence-electron chi connectivity index (χ3n) is 3.47. The van der Waals surface area contributed by atoms with Crippen molar-refractivity contribution in [3.8, 4) is 0 Å². The van der Waals surface area contributed by atoms with Gasteiger partial charge < -0.3 is 25.2 Å². The number of amides is 1. The van der Waals surface area contributed by atoms with Crippen molar-refractivity contribution in [2.45, 2.75) is 18.6 Å². The van der Waals surface area contributed by atoms with Crippen molar-refractivity contribution >= 4 is 11.6 Å². The van der Waals surface area contributed by atoms with E-state index in [0.717, 1.165) is 6.54 Å². The second kappa shape index (κ2) is 5.22. The highest BCUT2D eigenvalue weighted by Crippen LogP contribution is 2.22. The number of hydrogen-bond donors (Lipinski definition) is 2. The van der Waals surface area contributed by atoms with Crippen molar-refractivity contribution in [1.29, 1.82) is 0 Å². The largest absolute Gasteiger partial charge is 0.397 e. The SMILES string of the molecule is CN(C)CC1CC(O)CN1C(=O)c1cc(N)cn1C. The third-order valence-corrected chi connectivity index (χ3v) is 3.47.